The molecule has 1 atom stereocenters. The van der Waals surface area contributed by atoms with Crippen LogP contribution >= 0.6 is 15.9 Å². The number of hydrogen-bond acceptors (Lipinski definition) is 3. The SMILES string of the molecule is CCCC(Br)c1nc2ccc(CO)cc2n1Cc1ccc(-c2cccc(C)c2C(=O)O)cc1. The van der Waals surface area contributed by atoms with Gasteiger partial charge in [0.15, 0.2) is 0 Å². The molecule has 0 saturated carbocycles. The Morgan fingerprint density at radius 3 is 2.48 bits per heavy atom. The fraction of sp³-hybridized carbons (Fsp3) is 0.259. The molecule has 0 fully saturated rings. The predicted molar refractivity (Wildman–Crippen MR) is 135 cm³/mol. The minimum Gasteiger partial charge on any atom is -0.478 e. The van der Waals surface area contributed by atoms with Crippen LogP contribution in [-0.4, -0.2) is 25.7 Å². The number of alkyl halides is 1. The first-order chi connectivity index (χ1) is 15.9. The summed E-state index contributed by atoms with van der Waals surface area (Å²) in [5, 5.41) is 19.3. The largest absolute Gasteiger partial charge is 0.478 e. The zero-order valence-electron chi connectivity index (χ0n) is 18.8. The van der Waals surface area contributed by atoms with Crippen molar-refractivity contribution in [2.45, 2.75) is 44.7 Å². The molecule has 0 spiro atoms. The number of aryl methyl sites for hydroxylation is 1. The zero-order valence-corrected chi connectivity index (χ0v) is 20.3. The quantitative estimate of drug-likeness (QED) is 0.268. The van der Waals surface area contributed by atoms with E-state index in [-0.39, 0.29) is 11.4 Å². The molecule has 3 aromatic carbocycles. The van der Waals surface area contributed by atoms with E-state index >= 15 is 0 Å². The second kappa shape index (κ2) is 9.89. The molecule has 1 heterocycles. The van der Waals surface area contributed by atoms with E-state index in [4.69, 9.17) is 4.98 Å². The highest BCUT2D eigenvalue weighted by Gasteiger charge is 2.19. The van der Waals surface area contributed by atoms with Gasteiger partial charge in [0.2, 0.25) is 0 Å². The highest BCUT2D eigenvalue weighted by Crippen LogP contribution is 2.32. The molecule has 0 aliphatic heterocycles. The zero-order chi connectivity index (χ0) is 23.5. The van der Waals surface area contributed by atoms with Crippen LogP contribution in [0.5, 0.6) is 0 Å². The smallest absolute Gasteiger partial charge is 0.336 e. The Balaban J connectivity index is 1.73. The monoisotopic (exact) mass is 506 g/mol. The molecule has 5 nitrogen and oxygen atoms in total. The summed E-state index contributed by atoms with van der Waals surface area (Å²) in [4.78, 5) is 16.8. The normalized spacial score (nSPS) is 12.2. The van der Waals surface area contributed by atoms with Gasteiger partial charge >= 0.3 is 5.97 Å². The van der Waals surface area contributed by atoms with Gasteiger partial charge in [-0.3, -0.25) is 0 Å². The van der Waals surface area contributed by atoms with Crippen LogP contribution in [0.15, 0.2) is 60.7 Å². The van der Waals surface area contributed by atoms with Gasteiger partial charge in [-0.15, -0.1) is 0 Å². The first-order valence-corrected chi connectivity index (χ1v) is 12.0. The Kier molecular flexibility index (Phi) is 6.96. The third-order valence-electron chi connectivity index (χ3n) is 5.94. The van der Waals surface area contributed by atoms with E-state index in [1.807, 2.05) is 67.6 Å². The lowest BCUT2D eigenvalue weighted by molar-refractivity contribution is 0.0697. The third-order valence-corrected chi connectivity index (χ3v) is 6.81. The van der Waals surface area contributed by atoms with Crippen LogP contribution in [0.1, 0.15) is 57.5 Å². The molecule has 170 valence electrons. The number of aliphatic hydroxyl groups is 1. The average Bonchev–Trinajstić information content (AvgIpc) is 3.17. The second-order valence-corrected chi connectivity index (χ2v) is 9.40. The van der Waals surface area contributed by atoms with E-state index in [1.54, 1.807) is 0 Å². The van der Waals surface area contributed by atoms with Crippen LogP contribution in [0.2, 0.25) is 0 Å². The Bertz CT molecular complexity index is 1290. The summed E-state index contributed by atoms with van der Waals surface area (Å²) in [6, 6.07) is 19.5. The Morgan fingerprint density at radius 1 is 1.09 bits per heavy atom. The van der Waals surface area contributed by atoms with Crippen LogP contribution in [0.4, 0.5) is 0 Å². The summed E-state index contributed by atoms with van der Waals surface area (Å²) < 4.78 is 2.20. The fourth-order valence-corrected chi connectivity index (χ4v) is 5.04. The van der Waals surface area contributed by atoms with Gasteiger partial charge in [-0.1, -0.05) is 77.8 Å². The van der Waals surface area contributed by atoms with Gasteiger partial charge in [-0.05, 0) is 53.3 Å². The molecular formula is C27H27BrN2O3. The summed E-state index contributed by atoms with van der Waals surface area (Å²) in [6.07, 6.45) is 2.01. The Hall–Kier alpha value is -2.96. The molecule has 6 heteroatoms. The number of aromatic nitrogens is 2. The van der Waals surface area contributed by atoms with E-state index in [9.17, 15) is 15.0 Å². The second-order valence-electron chi connectivity index (χ2n) is 8.29. The molecule has 1 unspecified atom stereocenters. The molecule has 1 aromatic heterocycles. The minimum absolute atomic E-state index is 0.0136. The van der Waals surface area contributed by atoms with Gasteiger partial charge in [0.1, 0.15) is 5.82 Å². The van der Waals surface area contributed by atoms with Crippen LogP contribution in [-0.2, 0) is 13.2 Å². The molecular weight excluding hydrogens is 480 g/mol. The number of imidazole rings is 1. The van der Waals surface area contributed by atoms with E-state index in [0.29, 0.717) is 12.1 Å². The van der Waals surface area contributed by atoms with Crippen molar-refractivity contribution in [3.05, 3.63) is 88.7 Å². The lowest BCUT2D eigenvalue weighted by atomic mass is 9.95. The number of carboxylic acid groups (broad SMARTS) is 1. The minimum atomic E-state index is -0.916. The molecule has 2 N–H and O–H groups in total. The summed E-state index contributed by atoms with van der Waals surface area (Å²) in [5.41, 5.74) is 6.53. The van der Waals surface area contributed by atoms with Gasteiger partial charge in [-0.2, -0.15) is 0 Å². The van der Waals surface area contributed by atoms with Crippen molar-refractivity contribution in [1.29, 1.82) is 0 Å². The van der Waals surface area contributed by atoms with E-state index in [2.05, 4.69) is 27.4 Å². The number of aliphatic hydroxyl groups excluding tert-OH is 1. The number of hydrogen-bond donors (Lipinski definition) is 2. The Morgan fingerprint density at radius 2 is 1.82 bits per heavy atom. The topological polar surface area (TPSA) is 75.4 Å². The maximum absolute atomic E-state index is 11.8. The number of fused-ring (bicyclic) bond motifs is 1. The summed E-state index contributed by atoms with van der Waals surface area (Å²) in [7, 11) is 0. The molecule has 0 aliphatic carbocycles. The maximum Gasteiger partial charge on any atom is 0.336 e. The van der Waals surface area contributed by atoms with Crippen molar-refractivity contribution in [3.8, 4) is 11.1 Å². The Labute approximate surface area is 201 Å². The van der Waals surface area contributed by atoms with Crippen molar-refractivity contribution in [2.75, 3.05) is 0 Å². The predicted octanol–water partition coefficient (Wildman–Crippen LogP) is 6.49. The van der Waals surface area contributed by atoms with Crippen molar-refractivity contribution in [1.82, 2.24) is 9.55 Å². The van der Waals surface area contributed by atoms with Crippen molar-refractivity contribution >= 4 is 32.9 Å². The van der Waals surface area contributed by atoms with Crippen molar-refractivity contribution in [3.63, 3.8) is 0 Å². The van der Waals surface area contributed by atoms with E-state index in [0.717, 1.165) is 57.5 Å². The first-order valence-electron chi connectivity index (χ1n) is 11.1. The van der Waals surface area contributed by atoms with Gasteiger partial charge in [0, 0.05) is 6.54 Å². The van der Waals surface area contributed by atoms with Gasteiger partial charge in [0.05, 0.1) is 28.0 Å². The molecule has 33 heavy (non-hydrogen) atoms. The molecule has 0 saturated heterocycles. The van der Waals surface area contributed by atoms with Gasteiger partial charge in [0.25, 0.3) is 0 Å². The van der Waals surface area contributed by atoms with Crippen LogP contribution in [0, 0.1) is 6.92 Å². The highest BCUT2D eigenvalue weighted by molar-refractivity contribution is 9.09. The molecule has 0 bridgehead atoms. The average molecular weight is 507 g/mol. The molecule has 4 aromatic rings. The van der Waals surface area contributed by atoms with E-state index < -0.39 is 5.97 Å². The molecule has 4 rings (SSSR count). The van der Waals surface area contributed by atoms with Crippen LogP contribution in [0.3, 0.4) is 0 Å². The summed E-state index contributed by atoms with van der Waals surface area (Å²) >= 11 is 3.81. The lowest BCUT2D eigenvalue weighted by Gasteiger charge is -2.14. The number of halogens is 1. The highest BCUT2D eigenvalue weighted by atomic mass is 79.9. The third kappa shape index (κ3) is 4.72. The van der Waals surface area contributed by atoms with Crippen molar-refractivity contribution < 1.29 is 15.0 Å². The molecule has 0 aliphatic rings. The number of rotatable bonds is 8. The number of carboxylic acids is 1. The lowest BCUT2D eigenvalue weighted by Crippen LogP contribution is -2.07. The number of benzene rings is 3. The van der Waals surface area contributed by atoms with Crippen LogP contribution < -0.4 is 0 Å². The van der Waals surface area contributed by atoms with Crippen LogP contribution in [0.25, 0.3) is 22.2 Å². The standard InChI is InChI=1S/C27H27BrN2O3/c1-3-5-22(28)26-29-23-13-10-19(16-31)14-24(23)30(26)15-18-8-11-20(12-9-18)21-7-4-6-17(2)25(21)27(32)33/h4,6-14,22,31H,3,5,15-16H2,1-2H3,(H,32,33). The van der Waals surface area contributed by atoms with Gasteiger partial charge < -0.3 is 14.8 Å². The number of aromatic carboxylic acids is 1. The fourth-order valence-electron chi connectivity index (χ4n) is 4.24. The molecule has 0 amide bonds. The van der Waals surface area contributed by atoms with Gasteiger partial charge in [-0.25, -0.2) is 9.78 Å². The first kappa shape index (κ1) is 23.2. The van der Waals surface area contributed by atoms with Crippen molar-refractivity contribution in [2.24, 2.45) is 0 Å². The van der Waals surface area contributed by atoms with E-state index in [1.165, 1.54) is 0 Å². The maximum atomic E-state index is 11.8. The number of nitrogens with zero attached hydrogens (tertiary/aromatic N) is 2. The summed E-state index contributed by atoms with van der Waals surface area (Å²) in [6.45, 7) is 4.59. The molecule has 0 radical (unpaired) electrons. The summed E-state index contributed by atoms with van der Waals surface area (Å²) in [5.74, 6) is 0.0542. The number of carbonyl (C=O) groups is 1.